The third-order valence-corrected chi connectivity index (χ3v) is 2.97. The van der Waals surface area contributed by atoms with Crippen molar-refractivity contribution in [3.05, 3.63) is 65.0 Å². The molecule has 0 radical (unpaired) electrons. The Morgan fingerprint density at radius 1 is 1.12 bits per heavy atom. The zero-order valence-corrected chi connectivity index (χ0v) is 10.1. The molecule has 0 bridgehead atoms. The summed E-state index contributed by atoms with van der Waals surface area (Å²) >= 11 is 0. The van der Waals surface area contributed by atoms with E-state index >= 15 is 0 Å². The number of aromatic nitrogens is 1. The van der Waals surface area contributed by atoms with Crippen LogP contribution in [0.25, 0.3) is 0 Å². The first kappa shape index (κ1) is 11.8. The van der Waals surface area contributed by atoms with Gasteiger partial charge in [0.05, 0.1) is 6.04 Å². The summed E-state index contributed by atoms with van der Waals surface area (Å²) in [6.45, 7) is 4.14. The highest BCUT2D eigenvalue weighted by Crippen LogP contribution is 2.23. The molecule has 1 atom stereocenters. The molecule has 0 amide bonds. The van der Waals surface area contributed by atoms with Crippen LogP contribution in [-0.4, -0.2) is 4.98 Å². The number of hydrogen-bond acceptors (Lipinski definition) is 3. The van der Waals surface area contributed by atoms with Crippen molar-refractivity contribution < 1.29 is 0 Å². The van der Waals surface area contributed by atoms with Gasteiger partial charge in [-0.15, -0.1) is 0 Å². The number of rotatable bonds is 3. The summed E-state index contributed by atoms with van der Waals surface area (Å²) in [6, 6.07) is 10.3. The first-order valence-corrected chi connectivity index (χ1v) is 5.65. The molecule has 0 aliphatic rings. The van der Waals surface area contributed by atoms with Gasteiger partial charge >= 0.3 is 0 Å². The summed E-state index contributed by atoms with van der Waals surface area (Å²) in [5.41, 5.74) is 7.54. The predicted octanol–water partition coefficient (Wildman–Crippen LogP) is 2.25. The quantitative estimate of drug-likeness (QED) is 0.624. The molecule has 2 aromatic rings. The van der Waals surface area contributed by atoms with E-state index in [9.17, 15) is 0 Å². The average Bonchev–Trinajstić information content (AvgIpc) is 2.35. The molecule has 0 fully saturated rings. The van der Waals surface area contributed by atoms with Crippen LogP contribution in [0.3, 0.4) is 0 Å². The Morgan fingerprint density at radius 2 is 1.82 bits per heavy atom. The van der Waals surface area contributed by atoms with Gasteiger partial charge in [0.25, 0.3) is 0 Å². The molecule has 0 aliphatic carbocycles. The van der Waals surface area contributed by atoms with Crippen LogP contribution in [0.1, 0.15) is 28.3 Å². The van der Waals surface area contributed by atoms with Gasteiger partial charge in [0.15, 0.2) is 0 Å². The second kappa shape index (κ2) is 5.08. The van der Waals surface area contributed by atoms with Crippen LogP contribution < -0.4 is 11.3 Å². The van der Waals surface area contributed by atoms with E-state index in [4.69, 9.17) is 5.84 Å². The van der Waals surface area contributed by atoms with Gasteiger partial charge in [0.1, 0.15) is 0 Å². The smallest absolute Gasteiger partial charge is 0.0727 e. The van der Waals surface area contributed by atoms with E-state index < -0.39 is 0 Å². The van der Waals surface area contributed by atoms with Gasteiger partial charge < -0.3 is 0 Å². The summed E-state index contributed by atoms with van der Waals surface area (Å²) in [5.74, 6) is 5.67. The molecule has 0 saturated heterocycles. The number of nitrogens with one attached hydrogen (secondary N) is 1. The molecule has 2 rings (SSSR count). The van der Waals surface area contributed by atoms with E-state index in [1.807, 2.05) is 12.3 Å². The third-order valence-electron chi connectivity index (χ3n) is 2.97. The SMILES string of the molecule is Cc1ccc(C(NN)c2cnccc2C)cc1. The molecular weight excluding hydrogens is 210 g/mol. The van der Waals surface area contributed by atoms with E-state index in [0.717, 1.165) is 11.1 Å². The minimum Gasteiger partial charge on any atom is -0.271 e. The molecule has 3 nitrogen and oxygen atoms in total. The third kappa shape index (κ3) is 2.52. The van der Waals surface area contributed by atoms with Crippen molar-refractivity contribution in [2.75, 3.05) is 0 Å². The maximum Gasteiger partial charge on any atom is 0.0727 e. The lowest BCUT2D eigenvalue weighted by atomic mass is 9.97. The van der Waals surface area contributed by atoms with E-state index in [2.05, 4.69) is 48.5 Å². The van der Waals surface area contributed by atoms with Crippen LogP contribution in [0.2, 0.25) is 0 Å². The summed E-state index contributed by atoms with van der Waals surface area (Å²) in [5, 5.41) is 0. The summed E-state index contributed by atoms with van der Waals surface area (Å²) in [7, 11) is 0. The zero-order valence-electron chi connectivity index (χ0n) is 10.1. The number of nitrogens with two attached hydrogens (primary N) is 1. The van der Waals surface area contributed by atoms with Crippen LogP contribution in [0.4, 0.5) is 0 Å². The molecule has 17 heavy (non-hydrogen) atoms. The maximum absolute atomic E-state index is 5.67. The minimum atomic E-state index is -0.00991. The molecule has 0 saturated carbocycles. The number of benzene rings is 1. The van der Waals surface area contributed by atoms with Gasteiger partial charge in [0, 0.05) is 12.4 Å². The number of hydrazine groups is 1. The van der Waals surface area contributed by atoms with Crippen molar-refractivity contribution in [1.82, 2.24) is 10.4 Å². The zero-order chi connectivity index (χ0) is 12.3. The van der Waals surface area contributed by atoms with Gasteiger partial charge in [-0.3, -0.25) is 10.8 Å². The number of aryl methyl sites for hydroxylation is 2. The van der Waals surface area contributed by atoms with Crippen molar-refractivity contribution in [1.29, 1.82) is 0 Å². The van der Waals surface area contributed by atoms with Crippen LogP contribution >= 0.6 is 0 Å². The summed E-state index contributed by atoms with van der Waals surface area (Å²) in [4.78, 5) is 4.16. The molecule has 88 valence electrons. The largest absolute Gasteiger partial charge is 0.271 e. The lowest BCUT2D eigenvalue weighted by Crippen LogP contribution is -2.29. The van der Waals surface area contributed by atoms with Crippen LogP contribution in [0, 0.1) is 13.8 Å². The highest BCUT2D eigenvalue weighted by atomic mass is 15.2. The van der Waals surface area contributed by atoms with Crippen molar-refractivity contribution in [3.8, 4) is 0 Å². The summed E-state index contributed by atoms with van der Waals surface area (Å²) < 4.78 is 0. The average molecular weight is 227 g/mol. The van der Waals surface area contributed by atoms with Gasteiger partial charge in [-0.05, 0) is 36.6 Å². The molecule has 0 spiro atoms. The van der Waals surface area contributed by atoms with Gasteiger partial charge in [0.2, 0.25) is 0 Å². The van der Waals surface area contributed by atoms with Crippen LogP contribution in [0.5, 0.6) is 0 Å². The molecule has 0 aliphatic heterocycles. The Morgan fingerprint density at radius 3 is 2.41 bits per heavy atom. The Labute approximate surface area is 102 Å². The standard InChI is InChI=1S/C14H17N3/c1-10-3-5-12(6-4-10)14(17-15)13-9-16-8-7-11(13)2/h3-9,14,17H,15H2,1-2H3. The Kier molecular flexibility index (Phi) is 3.52. The molecule has 3 N–H and O–H groups in total. The van der Waals surface area contributed by atoms with Gasteiger partial charge in [-0.1, -0.05) is 29.8 Å². The van der Waals surface area contributed by atoms with Crippen molar-refractivity contribution in [3.63, 3.8) is 0 Å². The number of hydrogen-bond donors (Lipinski definition) is 2. The van der Waals surface area contributed by atoms with E-state index in [-0.39, 0.29) is 6.04 Å². The number of pyridine rings is 1. The molecule has 1 unspecified atom stereocenters. The highest BCUT2D eigenvalue weighted by molar-refractivity contribution is 5.35. The monoisotopic (exact) mass is 227 g/mol. The Bertz CT molecular complexity index is 491. The fourth-order valence-corrected chi connectivity index (χ4v) is 1.90. The molecular formula is C14H17N3. The second-order valence-corrected chi connectivity index (χ2v) is 4.24. The molecule has 1 aromatic carbocycles. The van der Waals surface area contributed by atoms with Gasteiger partial charge in [-0.25, -0.2) is 5.43 Å². The van der Waals surface area contributed by atoms with E-state index in [1.165, 1.54) is 11.1 Å². The fourth-order valence-electron chi connectivity index (χ4n) is 1.90. The topological polar surface area (TPSA) is 50.9 Å². The maximum atomic E-state index is 5.67. The van der Waals surface area contributed by atoms with Crippen LogP contribution in [-0.2, 0) is 0 Å². The first-order valence-electron chi connectivity index (χ1n) is 5.65. The molecule has 1 aromatic heterocycles. The van der Waals surface area contributed by atoms with Gasteiger partial charge in [-0.2, -0.15) is 0 Å². The number of nitrogens with zero attached hydrogens (tertiary/aromatic N) is 1. The Hall–Kier alpha value is -1.71. The lowest BCUT2D eigenvalue weighted by Gasteiger charge is -2.18. The Balaban J connectivity index is 2.40. The normalized spacial score (nSPS) is 12.4. The molecule has 3 heteroatoms. The highest BCUT2D eigenvalue weighted by Gasteiger charge is 2.14. The first-order chi connectivity index (χ1) is 8.22. The predicted molar refractivity (Wildman–Crippen MR) is 69.3 cm³/mol. The van der Waals surface area contributed by atoms with E-state index in [0.29, 0.717) is 0 Å². The molecule has 1 heterocycles. The summed E-state index contributed by atoms with van der Waals surface area (Å²) in [6.07, 6.45) is 3.65. The van der Waals surface area contributed by atoms with Crippen molar-refractivity contribution >= 4 is 0 Å². The van der Waals surface area contributed by atoms with Crippen molar-refractivity contribution in [2.24, 2.45) is 5.84 Å². The van der Waals surface area contributed by atoms with Crippen molar-refractivity contribution in [2.45, 2.75) is 19.9 Å². The lowest BCUT2D eigenvalue weighted by molar-refractivity contribution is 0.631. The second-order valence-electron chi connectivity index (χ2n) is 4.24. The fraction of sp³-hybridized carbons (Fsp3) is 0.214. The minimum absolute atomic E-state index is 0.00991. The van der Waals surface area contributed by atoms with E-state index in [1.54, 1.807) is 6.20 Å². The van der Waals surface area contributed by atoms with Crippen LogP contribution in [0.15, 0.2) is 42.7 Å².